The van der Waals surface area contributed by atoms with E-state index < -0.39 is 0 Å². The topological polar surface area (TPSA) is 51.8 Å². The largest absolute Gasteiger partial charge is 0.368 e. The maximum absolute atomic E-state index is 5.73. The zero-order chi connectivity index (χ0) is 10.4. The predicted molar refractivity (Wildman–Crippen MR) is 57.6 cm³/mol. The van der Waals surface area contributed by atoms with Gasteiger partial charge in [-0.2, -0.15) is 0 Å². The minimum absolute atomic E-state index is 0.193. The third-order valence-corrected chi connectivity index (χ3v) is 1.60. The number of aryl methyl sites for hydroxylation is 1. The maximum atomic E-state index is 5.73. The molecule has 1 rings (SSSR count). The fraction of sp³-hybridized carbons (Fsp3) is 0.333. The van der Waals surface area contributed by atoms with E-state index in [1.54, 1.807) is 13.0 Å². The van der Waals surface area contributed by atoms with Crippen LogP contribution in [-0.2, 0) is 0 Å². The van der Waals surface area contributed by atoms with Crippen LogP contribution in [0.5, 0.6) is 0 Å². The highest BCUT2D eigenvalue weighted by molar-refractivity contribution is 6.31. The first-order valence-electron chi connectivity index (χ1n) is 4.07. The smallest absolute Gasteiger partial charge is 0.221 e. The average Bonchev–Trinajstić information content (AvgIpc) is 2.07. The molecule has 2 N–H and O–H groups in total. The molecule has 0 aliphatic carbocycles. The molecule has 0 atom stereocenters. The summed E-state index contributed by atoms with van der Waals surface area (Å²) in [5.74, 6) is 0.193. The van der Waals surface area contributed by atoms with E-state index in [9.17, 15) is 0 Å². The number of halogens is 1. The van der Waals surface area contributed by atoms with Crippen molar-refractivity contribution in [2.45, 2.75) is 20.8 Å². The van der Waals surface area contributed by atoms with Gasteiger partial charge in [0.1, 0.15) is 5.15 Å². The van der Waals surface area contributed by atoms with Crippen LogP contribution in [0.25, 0.3) is 6.08 Å². The minimum atomic E-state index is 0.193. The Morgan fingerprint density at radius 1 is 1.38 bits per heavy atom. The van der Waals surface area contributed by atoms with Gasteiger partial charge in [-0.25, -0.2) is 9.97 Å². The Labute approximate surface area is 83.7 Å². The molecule has 13 heavy (non-hydrogen) atoms. The van der Waals surface area contributed by atoms with Gasteiger partial charge >= 0.3 is 0 Å². The second-order valence-corrected chi connectivity index (χ2v) is 2.43. The van der Waals surface area contributed by atoms with E-state index in [1.165, 1.54) is 0 Å². The van der Waals surface area contributed by atoms with E-state index in [4.69, 9.17) is 17.3 Å². The summed E-state index contributed by atoms with van der Waals surface area (Å²) < 4.78 is 0. The fourth-order valence-corrected chi connectivity index (χ4v) is 1.10. The number of anilines is 1. The summed E-state index contributed by atoms with van der Waals surface area (Å²) in [6, 6.07) is 0. The van der Waals surface area contributed by atoms with Crippen molar-refractivity contribution in [2.75, 3.05) is 5.73 Å². The van der Waals surface area contributed by atoms with Gasteiger partial charge in [0.05, 0.1) is 5.69 Å². The molecule has 0 unspecified atom stereocenters. The summed E-state index contributed by atoms with van der Waals surface area (Å²) in [6.07, 6.45) is 1.61. The van der Waals surface area contributed by atoms with Gasteiger partial charge in [0.15, 0.2) is 0 Å². The lowest BCUT2D eigenvalue weighted by molar-refractivity contribution is 1.11. The molecular weight excluding hydrogens is 186 g/mol. The Morgan fingerprint density at radius 2 is 1.92 bits per heavy atom. The van der Waals surface area contributed by atoms with Crippen LogP contribution in [0.2, 0.25) is 5.15 Å². The van der Waals surface area contributed by atoms with Crippen LogP contribution in [0.1, 0.15) is 25.1 Å². The van der Waals surface area contributed by atoms with E-state index in [-0.39, 0.29) is 5.95 Å². The van der Waals surface area contributed by atoms with E-state index in [2.05, 4.69) is 16.5 Å². The average molecular weight is 200 g/mol. The third kappa shape index (κ3) is 3.03. The highest BCUT2D eigenvalue weighted by Gasteiger charge is 2.03. The van der Waals surface area contributed by atoms with E-state index >= 15 is 0 Å². The van der Waals surface area contributed by atoms with Crippen LogP contribution in [-0.4, -0.2) is 9.97 Å². The van der Waals surface area contributed by atoms with Crippen molar-refractivity contribution in [3.05, 3.63) is 23.0 Å². The highest BCUT2D eigenvalue weighted by Crippen LogP contribution is 2.17. The Bertz CT molecular complexity index is 274. The number of nitrogens with two attached hydrogens (primary N) is 1. The van der Waals surface area contributed by atoms with Crippen LogP contribution in [0.15, 0.2) is 6.58 Å². The monoisotopic (exact) mass is 199 g/mol. The maximum Gasteiger partial charge on any atom is 0.221 e. The molecule has 0 amide bonds. The van der Waals surface area contributed by atoms with Crippen molar-refractivity contribution in [1.82, 2.24) is 9.97 Å². The van der Waals surface area contributed by atoms with Gasteiger partial charge in [-0.1, -0.05) is 38.1 Å². The Hall–Kier alpha value is -1.09. The number of aromatic nitrogens is 2. The SMILES string of the molecule is C=Cc1c(C)nc(N)nc1Cl.CC. The predicted octanol–water partition coefficient (Wildman–Crippen LogP) is 2.69. The van der Waals surface area contributed by atoms with Crippen molar-refractivity contribution in [3.8, 4) is 0 Å². The van der Waals surface area contributed by atoms with Gasteiger partial charge in [-0.15, -0.1) is 0 Å². The molecule has 4 heteroatoms. The number of nitrogen functional groups attached to an aromatic ring is 1. The molecule has 0 aromatic carbocycles. The Kier molecular flexibility index (Phi) is 5.07. The van der Waals surface area contributed by atoms with Gasteiger partial charge < -0.3 is 5.73 Å². The quantitative estimate of drug-likeness (QED) is 0.708. The highest BCUT2D eigenvalue weighted by atomic mass is 35.5. The van der Waals surface area contributed by atoms with Crippen molar-refractivity contribution < 1.29 is 0 Å². The first kappa shape index (κ1) is 11.9. The molecule has 1 aromatic heterocycles. The standard InChI is InChI=1S/C7H8ClN3.C2H6/c1-3-5-4(2)10-7(9)11-6(5)8;1-2/h3H,1H2,2H3,(H2,9,10,11);1-2H3. The molecule has 0 bridgehead atoms. The summed E-state index contributed by atoms with van der Waals surface area (Å²) in [5, 5.41) is 0.352. The van der Waals surface area contributed by atoms with Crippen LogP contribution in [0, 0.1) is 6.92 Å². The molecule has 0 saturated carbocycles. The van der Waals surface area contributed by atoms with Crippen LogP contribution < -0.4 is 5.73 Å². The molecule has 0 spiro atoms. The summed E-state index contributed by atoms with van der Waals surface area (Å²) in [4.78, 5) is 7.68. The van der Waals surface area contributed by atoms with Crippen LogP contribution >= 0.6 is 11.6 Å². The lowest BCUT2D eigenvalue weighted by atomic mass is 10.2. The molecule has 0 fully saturated rings. The second-order valence-electron chi connectivity index (χ2n) is 2.08. The first-order chi connectivity index (χ1) is 6.15. The molecule has 0 aliphatic rings. The molecule has 3 nitrogen and oxygen atoms in total. The van der Waals surface area contributed by atoms with Crippen molar-refractivity contribution in [2.24, 2.45) is 0 Å². The Balaban J connectivity index is 0.000000671. The number of rotatable bonds is 1. The summed E-state index contributed by atoms with van der Waals surface area (Å²) >= 11 is 5.73. The molecule has 1 heterocycles. The second kappa shape index (κ2) is 5.54. The van der Waals surface area contributed by atoms with Gasteiger partial charge in [0.2, 0.25) is 5.95 Å². The first-order valence-corrected chi connectivity index (χ1v) is 4.45. The van der Waals surface area contributed by atoms with Gasteiger partial charge in [0, 0.05) is 5.56 Å². The van der Waals surface area contributed by atoms with Crippen molar-refractivity contribution in [1.29, 1.82) is 0 Å². The minimum Gasteiger partial charge on any atom is -0.368 e. The number of hydrogen-bond donors (Lipinski definition) is 1. The van der Waals surface area contributed by atoms with Crippen LogP contribution in [0.4, 0.5) is 5.95 Å². The van der Waals surface area contributed by atoms with Crippen molar-refractivity contribution in [3.63, 3.8) is 0 Å². The molecule has 1 aromatic rings. The van der Waals surface area contributed by atoms with Crippen molar-refractivity contribution >= 4 is 23.6 Å². The zero-order valence-corrected chi connectivity index (χ0v) is 8.89. The van der Waals surface area contributed by atoms with E-state index in [1.807, 2.05) is 13.8 Å². The van der Waals surface area contributed by atoms with Crippen LogP contribution in [0.3, 0.4) is 0 Å². The normalized spacial score (nSPS) is 8.62. The Morgan fingerprint density at radius 3 is 2.31 bits per heavy atom. The van der Waals surface area contributed by atoms with E-state index in [0.29, 0.717) is 5.15 Å². The van der Waals surface area contributed by atoms with Gasteiger partial charge in [-0.05, 0) is 6.92 Å². The van der Waals surface area contributed by atoms with E-state index in [0.717, 1.165) is 11.3 Å². The molecular formula is C9H14ClN3. The third-order valence-electron chi connectivity index (χ3n) is 1.31. The summed E-state index contributed by atoms with van der Waals surface area (Å²) in [6.45, 7) is 9.38. The number of hydrogen-bond acceptors (Lipinski definition) is 3. The molecule has 0 aliphatic heterocycles. The lowest BCUT2D eigenvalue weighted by Gasteiger charge is -2.01. The van der Waals surface area contributed by atoms with Gasteiger partial charge in [0.25, 0.3) is 0 Å². The summed E-state index contributed by atoms with van der Waals surface area (Å²) in [7, 11) is 0. The molecule has 72 valence electrons. The number of nitrogens with zero attached hydrogens (tertiary/aromatic N) is 2. The fourth-order valence-electron chi connectivity index (χ4n) is 0.799. The molecule has 0 radical (unpaired) electrons. The lowest BCUT2D eigenvalue weighted by Crippen LogP contribution is -1.99. The molecule has 0 saturated heterocycles. The summed E-state index contributed by atoms with van der Waals surface area (Å²) in [5.41, 5.74) is 6.83. The van der Waals surface area contributed by atoms with Gasteiger partial charge in [-0.3, -0.25) is 0 Å². The zero-order valence-electron chi connectivity index (χ0n) is 8.13.